The second kappa shape index (κ2) is 15.0. The van der Waals surface area contributed by atoms with Crippen LogP contribution in [0.15, 0.2) is 41.3 Å². The lowest BCUT2D eigenvalue weighted by Gasteiger charge is -2.38. The van der Waals surface area contributed by atoms with Gasteiger partial charge in [-0.3, -0.25) is 14.4 Å². The van der Waals surface area contributed by atoms with Crippen molar-refractivity contribution in [1.29, 1.82) is 0 Å². The number of rotatable bonds is 5. The van der Waals surface area contributed by atoms with Gasteiger partial charge >= 0.3 is 18.3 Å². The van der Waals surface area contributed by atoms with Crippen LogP contribution in [0, 0.1) is 0 Å². The molecular weight excluding hydrogens is 774 g/mol. The molecule has 3 aliphatic heterocycles. The number of benzene rings is 1. The van der Waals surface area contributed by atoms with Gasteiger partial charge in [-0.05, 0) is 43.2 Å². The first kappa shape index (κ1) is 39.2. The number of nitrogens with zero attached hydrogens (tertiary/aromatic N) is 7. The Balaban J connectivity index is 0.000000672. The van der Waals surface area contributed by atoms with E-state index in [0.29, 0.717) is 32.0 Å². The van der Waals surface area contributed by atoms with E-state index >= 15 is 0 Å². The molecular formula is C32H29ClF6N8O8. The molecule has 16 nitrogen and oxygen atoms in total. The zero-order valence-corrected chi connectivity index (χ0v) is 28.9. The van der Waals surface area contributed by atoms with E-state index in [1.54, 1.807) is 0 Å². The van der Waals surface area contributed by atoms with E-state index in [-0.39, 0.29) is 72.0 Å². The van der Waals surface area contributed by atoms with Gasteiger partial charge in [0.05, 0.1) is 47.4 Å². The van der Waals surface area contributed by atoms with Crippen LogP contribution in [-0.2, 0) is 44.0 Å². The number of aromatic nitrogens is 5. The summed E-state index contributed by atoms with van der Waals surface area (Å²) in [6, 6.07) is 5.50. The summed E-state index contributed by atoms with van der Waals surface area (Å²) in [5.74, 6) is -3.76. The molecule has 1 aromatic carbocycles. The average Bonchev–Trinajstić information content (AvgIpc) is 3.74. The van der Waals surface area contributed by atoms with E-state index in [9.17, 15) is 45.8 Å². The van der Waals surface area contributed by atoms with Crippen molar-refractivity contribution < 1.29 is 60.4 Å². The molecule has 55 heavy (non-hydrogen) atoms. The number of aliphatic carboxylic acids is 1. The highest BCUT2D eigenvalue weighted by Gasteiger charge is 2.48. The molecule has 0 aliphatic carbocycles. The van der Waals surface area contributed by atoms with Crippen molar-refractivity contribution in [3.05, 3.63) is 74.4 Å². The summed E-state index contributed by atoms with van der Waals surface area (Å²) in [5.41, 5.74) is -1.98. The summed E-state index contributed by atoms with van der Waals surface area (Å²) in [7, 11) is 0. The number of piperidine rings is 1. The fraction of sp³-hybridized carbons (Fsp3) is 0.406. The van der Waals surface area contributed by atoms with Gasteiger partial charge in [0.15, 0.2) is 5.69 Å². The first-order valence-corrected chi connectivity index (χ1v) is 16.7. The van der Waals surface area contributed by atoms with Crippen molar-refractivity contribution in [2.45, 2.75) is 43.9 Å². The van der Waals surface area contributed by atoms with E-state index in [1.165, 1.54) is 27.8 Å². The third-order valence-corrected chi connectivity index (χ3v) is 9.35. The van der Waals surface area contributed by atoms with Crippen LogP contribution in [0.2, 0.25) is 5.02 Å². The quantitative estimate of drug-likeness (QED) is 0.250. The maximum absolute atomic E-state index is 14.1. The highest BCUT2D eigenvalue weighted by atomic mass is 35.5. The Morgan fingerprint density at radius 3 is 2.29 bits per heavy atom. The van der Waals surface area contributed by atoms with Gasteiger partial charge in [-0.25, -0.2) is 9.78 Å². The third-order valence-electron chi connectivity index (χ3n) is 9.04. The number of morpholine rings is 1. The minimum atomic E-state index is -5.08. The largest absolute Gasteiger partial charge is 0.505 e. The number of amides is 2. The lowest BCUT2D eigenvalue weighted by atomic mass is 9.85. The lowest BCUT2D eigenvalue weighted by Crippen LogP contribution is -2.47. The molecule has 0 radical (unpaired) electrons. The van der Waals surface area contributed by atoms with Crippen molar-refractivity contribution in [3.8, 4) is 5.75 Å². The molecule has 0 atom stereocenters. The number of anilines is 2. The Morgan fingerprint density at radius 1 is 1.02 bits per heavy atom. The van der Waals surface area contributed by atoms with Crippen LogP contribution >= 0.6 is 11.6 Å². The molecule has 3 aliphatic rings. The topological polar surface area (TPSA) is 194 Å². The van der Waals surface area contributed by atoms with Gasteiger partial charge in [0, 0.05) is 32.4 Å². The minimum absolute atomic E-state index is 0.0254. The first-order valence-electron chi connectivity index (χ1n) is 16.3. The summed E-state index contributed by atoms with van der Waals surface area (Å²) in [4.78, 5) is 61.6. The zero-order chi connectivity index (χ0) is 39.9. The molecule has 4 aromatic rings. The Labute approximate surface area is 309 Å². The Hall–Kier alpha value is -5.48. The van der Waals surface area contributed by atoms with Gasteiger partial charge in [0.1, 0.15) is 17.9 Å². The summed E-state index contributed by atoms with van der Waals surface area (Å²) >= 11 is 6.09. The number of alkyl halides is 6. The molecule has 294 valence electrons. The monoisotopic (exact) mass is 802 g/mol. The molecule has 0 bridgehead atoms. The summed E-state index contributed by atoms with van der Waals surface area (Å²) in [6.07, 6.45) is -7.82. The smallest absolute Gasteiger partial charge is 0.490 e. The van der Waals surface area contributed by atoms with Gasteiger partial charge in [0.25, 0.3) is 11.5 Å². The van der Waals surface area contributed by atoms with Crippen molar-refractivity contribution in [2.75, 3.05) is 49.6 Å². The second-order valence-electron chi connectivity index (χ2n) is 12.4. The molecule has 3 aromatic heterocycles. The molecule has 23 heteroatoms. The molecule has 2 saturated heterocycles. The summed E-state index contributed by atoms with van der Waals surface area (Å²) < 4.78 is 85.6. The highest BCUT2D eigenvalue weighted by molar-refractivity contribution is 6.33. The number of likely N-dealkylation sites (tertiary alicyclic amines) is 1. The van der Waals surface area contributed by atoms with Gasteiger partial charge in [-0.2, -0.15) is 35.8 Å². The van der Waals surface area contributed by atoms with Crippen LogP contribution in [-0.4, -0.2) is 103 Å². The van der Waals surface area contributed by atoms with Crippen LogP contribution in [0.3, 0.4) is 0 Å². The normalized spacial score (nSPS) is 16.8. The first-order chi connectivity index (χ1) is 25.9. The summed E-state index contributed by atoms with van der Waals surface area (Å²) in [6.45, 7) is 1.78. The van der Waals surface area contributed by atoms with Crippen LogP contribution in [0.5, 0.6) is 5.75 Å². The SMILES string of the molecule is O=C(Cn1c2c(c(=O)n3nc(N4CCOCC4)nc13)C1(CCN(C(=O)c3ncccc3O)CC1)OC2)Nc1ccc(C(F)(F)F)cc1Cl.O=C(O)C(F)(F)F. The maximum atomic E-state index is 14.1. The second-order valence-corrected chi connectivity index (χ2v) is 12.8. The van der Waals surface area contributed by atoms with Gasteiger partial charge in [-0.15, -0.1) is 5.10 Å². The van der Waals surface area contributed by atoms with Crippen LogP contribution in [0.1, 0.15) is 40.2 Å². The minimum Gasteiger partial charge on any atom is -0.505 e. The standard InChI is InChI=1S/C30H28ClF3N8O6.C2HF3O2/c31-18-14-17(30(32,33)34)3-4-19(18)36-22(44)15-41-20-16-48-29(5-8-39(9-6-29)26(46)24-21(43)2-1-7-35-24)23(20)25(45)42-28(41)37-27(38-42)40-10-12-47-13-11-40;3-2(4,5)1(6)7/h1-4,7,14,43H,5-6,8-13,15-16H2,(H,36,44);(H,6,7). The van der Waals surface area contributed by atoms with E-state index < -0.39 is 53.4 Å². The maximum Gasteiger partial charge on any atom is 0.490 e. The van der Waals surface area contributed by atoms with Gasteiger partial charge in [-0.1, -0.05) is 11.6 Å². The number of hydrogen-bond acceptors (Lipinski definition) is 11. The third kappa shape index (κ3) is 8.01. The van der Waals surface area contributed by atoms with E-state index in [2.05, 4.69) is 20.4 Å². The van der Waals surface area contributed by atoms with Crippen LogP contribution in [0.4, 0.5) is 38.0 Å². The number of ether oxygens (including phenoxy) is 2. The molecule has 0 unspecified atom stereocenters. The van der Waals surface area contributed by atoms with Crippen molar-refractivity contribution in [2.24, 2.45) is 0 Å². The highest BCUT2D eigenvalue weighted by Crippen LogP contribution is 2.43. The number of carboxylic acids is 1. The van der Waals surface area contributed by atoms with E-state index in [0.717, 1.165) is 22.7 Å². The molecule has 6 heterocycles. The molecule has 1 spiro atoms. The molecule has 7 rings (SSSR count). The molecule has 0 saturated carbocycles. The number of carbonyl (C=O) groups excluding carboxylic acids is 2. The predicted molar refractivity (Wildman–Crippen MR) is 177 cm³/mol. The Kier molecular flexibility index (Phi) is 10.7. The Morgan fingerprint density at radius 2 is 1.69 bits per heavy atom. The van der Waals surface area contributed by atoms with Crippen LogP contribution in [0.25, 0.3) is 5.78 Å². The van der Waals surface area contributed by atoms with Crippen molar-refractivity contribution >= 4 is 46.8 Å². The number of aromatic hydroxyl groups is 1. The number of carboxylic acid groups (broad SMARTS) is 1. The van der Waals surface area contributed by atoms with E-state index in [1.807, 2.05) is 4.90 Å². The van der Waals surface area contributed by atoms with Crippen LogP contribution < -0.4 is 15.8 Å². The molecule has 2 amide bonds. The van der Waals surface area contributed by atoms with Gasteiger partial charge < -0.3 is 39.4 Å². The lowest BCUT2D eigenvalue weighted by molar-refractivity contribution is -0.192. The fourth-order valence-electron chi connectivity index (χ4n) is 6.34. The van der Waals surface area contributed by atoms with E-state index in [4.69, 9.17) is 31.0 Å². The van der Waals surface area contributed by atoms with Crippen molar-refractivity contribution in [3.63, 3.8) is 0 Å². The number of pyridine rings is 1. The number of carbonyl (C=O) groups is 3. The Bertz CT molecular complexity index is 2200. The van der Waals surface area contributed by atoms with Crippen molar-refractivity contribution in [1.82, 2.24) is 29.0 Å². The summed E-state index contributed by atoms with van der Waals surface area (Å²) in [5, 5.41) is 24.0. The number of nitrogens with one attached hydrogen (secondary N) is 1. The number of hydrogen-bond donors (Lipinski definition) is 3. The number of fused-ring (bicyclic) bond motifs is 3. The predicted octanol–water partition coefficient (Wildman–Crippen LogP) is 3.43. The number of halogens is 7. The molecule has 2 fully saturated rings. The average molecular weight is 803 g/mol. The molecule has 3 N–H and O–H groups in total. The zero-order valence-electron chi connectivity index (χ0n) is 28.2. The fourth-order valence-corrected chi connectivity index (χ4v) is 6.57. The van der Waals surface area contributed by atoms with Gasteiger partial charge in [0.2, 0.25) is 17.6 Å².